The molecule has 0 unspecified atom stereocenters. The Morgan fingerprint density at radius 2 is 1.52 bits per heavy atom. The van der Waals surface area contributed by atoms with Gasteiger partial charge < -0.3 is 15.1 Å². The van der Waals surface area contributed by atoms with Crippen molar-refractivity contribution in [2.75, 3.05) is 25.5 Å². The van der Waals surface area contributed by atoms with Gasteiger partial charge in [-0.3, -0.25) is 19.6 Å². The molecule has 33 heavy (non-hydrogen) atoms. The Bertz CT molecular complexity index is 951. The molecule has 3 amide bonds. The Labute approximate surface area is 194 Å². The summed E-state index contributed by atoms with van der Waals surface area (Å²) < 4.78 is 0. The smallest absolute Gasteiger partial charge is 0.274 e. The zero-order valence-corrected chi connectivity index (χ0v) is 19.2. The van der Waals surface area contributed by atoms with Gasteiger partial charge in [0, 0.05) is 43.5 Å². The van der Waals surface area contributed by atoms with E-state index in [4.69, 9.17) is 5.21 Å². The van der Waals surface area contributed by atoms with Crippen molar-refractivity contribution < 1.29 is 19.6 Å². The zero-order chi connectivity index (χ0) is 23.8. The van der Waals surface area contributed by atoms with Crippen LogP contribution in [0, 0.1) is 0 Å². The molecule has 1 fully saturated rings. The quantitative estimate of drug-likeness (QED) is 0.422. The number of nitrogens with zero attached hydrogens (tertiary/aromatic N) is 2. The van der Waals surface area contributed by atoms with Gasteiger partial charge in [0.2, 0.25) is 5.91 Å². The van der Waals surface area contributed by atoms with Gasteiger partial charge in [0.15, 0.2) is 0 Å². The van der Waals surface area contributed by atoms with Crippen LogP contribution in [0.3, 0.4) is 0 Å². The van der Waals surface area contributed by atoms with Crippen molar-refractivity contribution in [1.29, 1.82) is 0 Å². The average molecular weight is 453 g/mol. The van der Waals surface area contributed by atoms with E-state index in [-0.39, 0.29) is 30.9 Å². The standard InChI is InChI=1S/C25H32N4O4/c1-28(2)22-14-12-20(13-15-22)25(32)29(17-23(30)26-21-6-4-3-5-7-21)16-18-8-10-19(11-9-18)24(31)27-33/h8-15,21,33H,3-7,16-17H2,1-2H3,(H,26,30)(H,27,31). The summed E-state index contributed by atoms with van der Waals surface area (Å²) in [4.78, 5) is 41.1. The Morgan fingerprint density at radius 3 is 2.09 bits per heavy atom. The summed E-state index contributed by atoms with van der Waals surface area (Å²) in [6, 6.07) is 14.0. The third-order valence-electron chi connectivity index (χ3n) is 5.91. The van der Waals surface area contributed by atoms with Gasteiger partial charge in [0.1, 0.15) is 6.54 Å². The van der Waals surface area contributed by atoms with Crippen LogP contribution < -0.4 is 15.7 Å². The molecule has 1 saturated carbocycles. The second-order valence-corrected chi connectivity index (χ2v) is 8.64. The molecular formula is C25H32N4O4. The summed E-state index contributed by atoms with van der Waals surface area (Å²) in [5, 5.41) is 11.9. The fraction of sp³-hybridized carbons (Fsp3) is 0.400. The first-order valence-corrected chi connectivity index (χ1v) is 11.3. The highest BCUT2D eigenvalue weighted by atomic mass is 16.5. The Morgan fingerprint density at radius 1 is 0.909 bits per heavy atom. The Hall–Kier alpha value is -3.39. The summed E-state index contributed by atoms with van der Waals surface area (Å²) in [5.41, 5.74) is 4.15. The summed E-state index contributed by atoms with van der Waals surface area (Å²) in [7, 11) is 3.86. The minimum Gasteiger partial charge on any atom is -0.378 e. The van der Waals surface area contributed by atoms with E-state index in [0.717, 1.165) is 36.9 Å². The lowest BCUT2D eigenvalue weighted by Crippen LogP contribution is -2.44. The molecule has 0 aliphatic heterocycles. The first-order chi connectivity index (χ1) is 15.9. The first-order valence-electron chi connectivity index (χ1n) is 11.3. The molecule has 1 aliphatic rings. The number of amides is 3. The molecule has 8 nitrogen and oxygen atoms in total. The third kappa shape index (κ3) is 6.79. The molecular weight excluding hydrogens is 420 g/mol. The van der Waals surface area contributed by atoms with Crippen molar-refractivity contribution in [2.45, 2.75) is 44.7 Å². The second-order valence-electron chi connectivity index (χ2n) is 8.64. The maximum absolute atomic E-state index is 13.3. The number of carbonyl (C=O) groups is 3. The van der Waals surface area contributed by atoms with Gasteiger partial charge in [-0.25, -0.2) is 5.48 Å². The van der Waals surface area contributed by atoms with Crippen LogP contribution in [0.25, 0.3) is 0 Å². The molecule has 176 valence electrons. The van der Waals surface area contributed by atoms with Gasteiger partial charge in [0.05, 0.1) is 0 Å². The number of benzene rings is 2. The zero-order valence-electron chi connectivity index (χ0n) is 19.2. The fourth-order valence-electron chi connectivity index (χ4n) is 4.02. The maximum atomic E-state index is 13.3. The van der Waals surface area contributed by atoms with E-state index in [1.807, 2.05) is 31.1 Å². The van der Waals surface area contributed by atoms with E-state index >= 15 is 0 Å². The third-order valence-corrected chi connectivity index (χ3v) is 5.91. The number of hydroxylamine groups is 1. The van der Waals surface area contributed by atoms with Crippen LogP contribution in [0.15, 0.2) is 48.5 Å². The first kappa shape index (κ1) is 24.3. The van der Waals surface area contributed by atoms with E-state index in [1.54, 1.807) is 41.9 Å². The second kappa shape index (κ2) is 11.5. The monoisotopic (exact) mass is 452 g/mol. The number of rotatable bonds is 8. The molecule has 0 bridgehead atoms. The van der Waals surface area contributed by atoms with Gasteiger partial charge in [-0.2, -0.15) is 0 Å². The van der Waals surface area contributed by atoms with Crippen LogP contribution in [-0.2, 0) is 11.3 Å². The number of nitrogens with one attached hydrogen (secondary N) is 2. The largest absolute Gasteiger partial charge is 0.378 e. The Balaban J connectivity index is 1.76. The fourth-order valence-corrected chi connectivity index (χ4v) is 4.02. The highest BCUT2D eigenvalue weighted by Gasteiger charge is 2.22. The van der Waals surface area contributed by atoms with Crippen LogP contribution in [0.5, 0.6) is 0 Å². The van der Waals surface area contributed by atoms with E-state index in [0.29, 0.717) is 11.1 Å². The van der Waals surface area contributed by atoms with Crippen molar-refractivity contribution in [3.8, 4) is 0 Å². The van der Waals surface area contributed by atoms with Crippen LogP contribution >= 0.6 is 0 Å². The molecule has 0 saturated heterocycles. The van der Waals surface area contributed by atoms with E-state index in [1.165, 1.54) is 11.3 Å². The normalized spacial score (nSPS) is 13.8. The van der Waals surface area contributed by atoms with Crippen molar-refractivity contribution in [3.63, 3.8) is 0 Å². The average Bonchev–Trinajstić information content (AvgIpc) is 2.83. The van der Waals surface area contributed by atoms with Gasteiger partial charge in [-0.15, -0.1) is 0 Å². The topological polar surface area (TPSA) is 102 Å². The molecule has 8 heteroatoms. The number of anilines is 1. The highest BCUT2D eigenvalue weighted by molar-refractivity contribution is 5.97. The van der Waals surface area contributed by atoms with Crippen molar-refractivity contribution >= 4 is 23.4 Å². The van der Waals surface area contributed by atoms with Crippen LogP contribution in [-0.4, -0.2) is 54.5 Å². The summed E-state index contributed by atoms with van der Waals surface area (Å²) in [6.45, 7) is 0.164. The van der Waals surface area contributed by atoms with Crippen LogP contribution in [0.1, 0.15) is 58.4 Å². The number of carbonyl (C=O) groups excluding carboxylic acids is 3. The summed E-state index contributed by atoms with van der Waals surface area (Å²) in [6.07, 6.45) is 5.36. The van der Waals surface area contributed by atoms with Crippen LogP contribution in [0.2, 0.25) is 0 Å². The van der Waals surface area contributed by atoms with E-state index < -0.39 is 5.91 Å². The highest BCUT2D eigenvalue weighted by Crippen LogP contribution is 2.18. The Kier molecular flexibility index (Phi) is 8.43. The SMILES string of the molecule is CN(C)c1ccc(C(=O)N(CC(=O)NC2CCCCC2)Cc2ccc(C(=O)NO)cc2)cc1. The summed E-state index contributed by atoms with van der Waals surface area (Å²) >= 11 is 0. The van der Waals surface area contributed by atoms with Gasteiger partial charge in [-0.05, 0) is 54.8 Å². The molecule has 0 spiro atoms. The van der Waals surface area contributed by atoms with Crippen molar-refractivity contribution in [2.24, 2.45) is 0 Å². The van der Waals surface area contributed by atoms with Gasteiger partial charge in [-0.1, -0.05) is 31.4 Å². The molecule has 0 atom stereocenters. The van der Waals surface area contributed by atoms with Crippen LogP contribution in [0.4, 0.5) is 5.69 Å². The molecule has 0 heterocycles. The minimum atomic E-state index is -0.609. The lowest BCUT2D eigenvalue weighted by atomic mass is 9.95. The number of hydrogen-bond donors (Lipinski definition) is 3. The minimum absolute atomic E-state index is 0.0519. The summed E-state index contributed by atoms with van der Waals surface area (Å²) in [5.74, 6) is -1.02. The van der Waals surface area contributed by atoms with E-state index in [2.05, 4.69) is 5.32 Å². The van der Waals surface area contributed by atoms with Gasteiger partial charge >= 0.3 is 0 Å². The lowest BCUT2D eigenvalue weighted by Gasteiger charge is -2.26. The molecule has 0 radical (unpaired) electrons. The predicted octanol–water partition coefficient (Wildman–Crippen LogP) is 2.96. The molecule has 1 aliphatic carbocycles. The maximum Gasteiger partial charge on any atom is 0.274 e. The molecule has 3 rings (SSSR count). The molecule has 3 N–H and O–H groups in total. The number of hydrogen-bond acceptors (Lipinski definition) is 5. The van der Waals surface area contributed by atoms with Gasteiger partial charge in [0.25, 0.3) is 11.8 Å². The molecule has 2 aromatic rings. The molecule has 0 aromatic heterocycles. The predicted molar refractivity (Wildman–Crippen MR) is 126 cm³/mol. The van der Waals surface area contributed by atoms with Crippen molar-refractivity contribution in [1.82, 2.24) is 15.7 Å². The lowest BCUT2D eigenvalue weighted by molar-refractivity contribution is -0.122. The van der Waals surface area contributed by atoms with E-state index in [9.17, 15) is 14.4 Å². The van der Waals surface area contributed by atoms with Crippen molar-refractivity contribution in [3.05, 3.63) is 65.2 Å². The molecule has 2 aromatic carbocycles.